The molecule has 21 heavy (non-hydrogen) atoms. The second-order valence-electron chi connectivity index (χ2n) is 7.00. The van der Waals surface area contributed by atoms with Gasteiger partial charge in [-0.25, -0.2) is 0 Å². The van der Waals surface area contributed by atoms with Crippen molar-refractivity contribution in [3.63, 3.8) is 0 Å². The van der Waals surface area contributed by atoms with Crippen molar-refractivity contribution in [2.75, 3.05) is 19.8 Å². The molecule has 116 valence electrons. The Balaban J connectivity index is 1.84. The van der Waals surface area contributed by atoms with E-state index in [2.05, 4.69) is 0 Å². The topological polar surface area (TPSA) is 63.7 Å². The minimum Gasteiger partial charge on any atom is -0.381 e. The van der Waals surface area contributed by atoms with Crippen LogP contribution in [0.2, 0.25) is 0 Å². The van der Waals surface area contributed by atoms with Crippen LogP contribution in [-0.4, -0.2) is 48.2 Å². The minimum atomic E-state index is -0.429. The van der Waals surface area contributed by atoms with E-state index in [-0.39, 0.29) is 41.3 Å². The molecule has 1 spiro atoms. The Labute approximate surface area is 125 Å². The van der Waals surface area contributed by atoms with Crippen LogP contribution in [0.1, 0.15) is 39.5 Å². The highest BCUT2D eigenvalue weighted by molar-refractivity contribution is 5.95. The van der Waals surface area contributed by atoms with Gasteiger partial charge in [0.25, 0.3) is 0 Å². The summed E-state index contributed by atoms with van der Waals surface area (Å²) in [6.07, 6.45) is 3.03. The van der Waals surface area contributed by atoms with E-state index < -0.39 is 5.92 Å². The van der Waals surface area contributed by atoms with E-state index in [1.807, 2.05) is 4.90 Å². The summed E-state index contributed by atoms with van der Waals surface area (Å²) in [5.41, 5.74) is 0.132. The summed E-state index contributed by atoms with van der Waals surface area (Å²) in [5, 5.41) is 0. The first kappa shape index (κ1) is 14.7. The third kappa shape index (κ3) is 2.41. The monoisotopic (exact) mass is 293 g/mol. The number of rotatable bonds is 3. The minimum absolute atomic E-state index is 0.00236. The molecule has 5 nitrogen and oxygen atoms in total. The van der Waals surface area contributed by atoms with Gasteiger partial charge in [0.1, 0.15) is 11.6 Å². The van der Waals surface area contributed by atoms with Gasteiger partial charge in [-0.15, -0.1) is 0 Å². The first-order chi connectivity index (χ1) is 9.93. The molecule has 1 amide bonds. The molecule has 5 heteroatoms. The molecule has 3 saturated heterocycles. The van der Waals surface area contributed by atoms with E-state index in [1.54, 1.807) is 6.92 Å². The number of carbonyl (C=O) groups excluding carboxylic acids is 3. The fraction of sp³-hybridized carbons (Fsp3) is 0.812. The predicted octanol–water partition coefficient (Wildman–Crippen LogP) is 1.20. The Morgan fingerprint density at radius 3 is 2.52 bits per heavy atom. The highest BCUT2D eigenvalue weighted by Crippen LogP contribution is 2.50. The molecule has 0 radical (unpaired) electrons. The molecule has 0 saturated carbocycles. The normalized spacial score (nSPS) is 34.3. The number of amides is 1. The molecule has 0 bridgehead atoms. The summed E-state index contributed by atoms with van der Waals surface area (Å²) >= 11 is 0. The van der Waals surface area contributed by atoms with Crippen molar-refractivity contribution in [2.45, 2.75) is 45.6 Å². The lowest BCUT2D eigenvalue weighted by Crippen LogP contribution is -2.36. The van der Waals surface area contributed by atoms with Gasteiger partial charge >= 0.3 is 0 Å². The van der Waals surface area contributed by atoms with E-state index >= 15 is 0 Å². The molecule has 3 aliphatic heterocycles. The lowest BCUT2D eigenvalue weighted by Gasteiger charge is -2.34. The highest BCUT2D eigenvalue weighted by Gasteiger charge is 2.58. The van der Waals surface area contributed by atoms with Crippen LogP contribution in [0.5, 0.6) is 0 Å². The molecule has 0 N–H and O–H groups in total. The van der Waals surface area contributed by atoms with Gasteiger partial charge in [-0.1, -0.05) is 0 Å². The smallest absolute Gasteiger partial charge is 0.227 e. The summed E-state index contributed by atoms with van der Waals surface area (Å²) < 4.78 is 5.44. The Morgan fingerprint density at radius 2 is 1.95 bits per heavy atom. The molecular weight excluding hydrogens is 270 g/mol. The number of hydrogen-bond donors (Lipinski definition) is 0. The summed E-state index contributed by atoms with van der Waals surface area (Å²) in [6, 6.07) is -0.00236. The van der Waals surface area contributed by atoms with Crippen molar-refractivity contribution in [3.8, 4) is 0 Å². The number of fused-ring (bicyclic) bond motifs is 1. The van der Waals surface area contributed by atoms with Gasteiger partial charge in [-0.2, -0.15) is 0 Å². The van der Waals surface area contributed by atoms with E-state index in [0.717, 1.165) is 39.0 Å². The number of ketones is 2. The van der Waals surface area contributed by atoms with Gasteiger partial charge in [-0.3, -0.25) is 9.59 Å². The Hall–Kier alpha value is -1.23. The summed E-state index contributed by atoms with van der Waals surface area (Å²) in [4.78, 5) is 38.1. The van der Waals surface area contributed by atoms with Crippen LogP contribution in [-0.2, 0) is 19.1 Å². The van der Waals surface area contributed by atoms with Gasteiger partial charge in [-0.05, 0) is 38.5 Å². The van der Waals surface area contributed by atoms with Crippen molar-refractivity contribution < 1.29 is 19.1 Å². The lowest BCUT2D eigenvalue weighted by atomic mass is 9.73. The van der Waals surface area contributed by atoms with Gasteiger partial charge in [0.15, 0.2) is 0 Å². The molecule has 0 aromatic rings. The van der Waals surface area contributed by atoms with Crippen LogP contribution in [0, 0.1) is 17.3 Å². The lowest BCUT2D eigenvalue weighted by molar-refractivity contribution is -0.135. The van der Waals surface area contributed by atoms with Crippen LogP contribution >= 0.6 is 0 Å². The standard InChI is InChI=1S/C16H23NO4/c1-10(18)7-12-14(11(2)19)13-8-16(3-5-21-6-4-16)9-17(13)15(12)20/h12-14H,3-9H2,1-2H3/t12-,13-,14+/m0/s1. The van der Waals surface area contributed by atoms with Crippen molar-refractivity contribution in [1.82, 2.24) is 4.90 Å². The van der Waals surface area contributed by atoms with E-state index in [0.29, 0.717) is 0 Å². The maximum Gasteiger partial charge on any atom is 0.227 e. The predicted molar refractivity (Wildman–Crippen MR) is 75.6 cm³/mol. The summed E-state index contributed by atoms with van der Waals surface area (Å²) in [6.45, 7) is 5.28. The first-order valence-electron chi connectivity index (χ1n) is 7.82. The van der Waals surface area contributed by atoms with Crippen LogP contribution in [0.25, 0.3) is 0 Å². The summed E-state index contributed by atoms with van der Waals surface area (Å²) in [5.74, 6) is -0.683. The zero-order valence-electron chi connectivity index (χ0n) is 12.8. The van der Waals surface area contributed by atoms with Crippen molar-refractivity contribution in [2.24, 2.45) is 17.3 Å². The third-order valence-corrected chi connectivity index (χ3v) is 5.53. The molecule has 3 atom stereocenters. The maximum atomic E-state index is 12.7. The maximum absolute atomic E-state index is 12.7. The Bertz CT molecular complexity index is 481. The van der Waals surface area contributed by atoms with E-state index in [9.17, 15) is 14.4 Å². The molecule has 3 fully saturated rings. The van der Waals surface area contributed by atoms with Gasteiger partial charge < -0.3 is 14.4 Å². The van der Waals surface area contributed by atoms with Crippen molar-refractivity contribution >= 4 is 17.5 Å². The molecule has 3 heterocycles. The average molecular weight is 293 g/mol. The molecular formula is C16H23NO4. The molecule has 0 aromatic carbocycles. The number of carbonyl (C=O) groups is 3. The number of ether oxygens (including phenoxy) is 1. The Kier molecular flexibility index (Phi) is 3.64. The molecule has 0 aromatic heterocycles. The highest BCUT2D eigenvalue weighted by atomic mass is 16.5. The number of nitrogens with zero attached hydrogens (tertiary/aromatic N) is 1. The van der Waals surface area contributed by atoms with Crippen LogP contribution < -0.4 is 0 Å². The fourth-order valence-electron chi connectivity index (χ4n) is 4.54. The molecule has 0 unspecified atom stereocenters. The van der Waals surface area contributed by atoms with Crippen LogP contribution in [0.4, 0.5) is 0 Å². The zero-order chi connectivity index (χ0) is 15.2. The van der Waals surface area contributed by atoms with Crippen LogP contribution in [0.3, 0.4) is 0 Å². The van der Waals surface area contributed by atoms with Gasteiger partial charge in [0.05, 0.1) is 5.92 Å². The number of hydrogen-bond acceptors (Lipinski definition) is 4. The van der Waals surface area contributed by atoms with Gasteiger partial charge in [0.2, 0.25) is 5.91 Å². The van der Waals surface area contributed by atoms with Crippen molar-refractivity contribution in [3.05, 3.63) is 0 Å². The van der Waals surface area contributed by atoms with Crippen LogP contribution in [0.15, 0.2) is 0 Å². The number of Topliss-reactive ketones (excluding diaryl/α,β-unsaturated/α-hetero) is 2. The van der Waals surface area contributed by atoms with Gasteiger partial charge in [0, 0.05) is 38.1 Å². The zero-order valence-corrected chi connectivity index (χ0v) is 12.8. The molecule has 3 rings (SSSR count). The molecule has 3 aliphatic rings. The Morgan fingerprint density at radius 1 is 1.29 bits per heavy atom. The van der Waals surface area contributed by atoms with E-state index in [4.69, 9.17) is 4.74 Å². The van der Waals surface area contributed by atoms with Crippen molar-refractivity contribution in [1.29, 1.82) is 0 Å². The SMILES string of the molecule is CC(=O)C[C@@H]1C(=O)N2CC3(CCOCC3)C[C@H]2[C@@H]1C(C)=O. The first-order valence-corrected chi connectivity index (χ1v) is 7.82. The second-order valence-corrected chi connectivity index (χ2v) is 7.00. The second kappa shape index (κ2) is 5.20. The van der Waals surface area contributed by atoms with E-state index in [1.165, 1.54) is 6.92 Å². The summed E-state index contributed by atoms with van der Waals surface area (Å²) in [7, 11) is 0. The third-order valence-electron chi connectivity index (χ3n) is 5.53. The quantitative estimate of drug-likeness (QED) is 0.784. The fourth-order valence-corrected chi connectivity index (χ4v) is 4.54. The molecule has 0 aliphatic carbocycles. The largest absolute Gasteiger partial charge is 0.381 e. The average Bonchev–Trinajstić information content (AvgIpc) is 2.86.